The summed E-state index contributed by atoms with van der Waals surface area (Å²) in [7, 11) is 0. The Balaban J connectivity index is 1.75. The second-order valence-electron chi connectivity index (χ2n) is 5.83. The molecule has 0 bridgehead atoms. The van der Waals surface area contributed by atoms with Crippen molar-refractivity contribution in [1.82, 2.24) is 10.3 Å². The van der Waals surface area contributed by atoms with E-state index in [0.29, 0.717) is 11.3 Å². The van der Waals surface area contributed by atoms with E-state index in [0.717, 1.165) is 42.6 Å². The summed E-state index contributed by atoms with van der Waals surface area (Å²) in [6.45, 7) is 6.72. The zero-order valence-corrected chi connectivity index (χ0v) is 13.3. The van der Waals surface area contributed by atoms with E-state index >= 15 is 0 Å². The molecule has 0 amide bonds. The van der Waals surface area contributed by atoms with Crippen LogP contribution in [0.15, 0.2) is 18.2 Å². The number of nitrogens with zero attached hydrogens (tertiary/aromatic N) is 1. The van der Waals surface area contributed by atoms with Gasteiger partial charge in [-0.05, 0) is 56.0 Å². The predicted molar refractivity (Wildman–Crippen MR) is 86.9 cm³/mol. The molecule has 0 aliphatic carbocycles. The summed E-state index contributed by atoms with van der Waals surface area (Å²) in [5.74, 6) is 0. The van der Waals surface area contributed by atoms with Gasteiger partial charge in [0.05, 0.1) is 11.6 Å². The highest BCUT2D eigenvalue weighted by atomic mass is 35.5. The molecule has 1 aromatic carbocycles. The number of ether oxygens (including phenoxy) is 1. The van der Waals surface area contributed by atoms with Crippen molar-refractivity contribution in [3.8, 4) is 0 Å². The number of fused-ring (bicyclic) bond motifs is 1. The third-order valence-corrected chi connectivity index (χ3v) is 4.50. The first-order valence-corrected chi connectivity index (χ1v) is 7.90. The minimum absolute atomic E-state index is 0.349. The Morgan fingerprint density at radius 1 is 1.29 bits per heavy atom. The third-order valence-electron chi connectivity index (χ3n) is 4.17. The van der Waals surface area contributed by atoms with E-state index < -0.39 is 0 Å². The number of benzene rings is 1. The van der Waals surface area contributed by atoms with Gasteiger partial charge in [0.25, 0.3) is 0 Å². The number of rotatable bonds is 4. The molecule has 1 unspecified atom stereocenters. The summed E-state index contributed by atoms with van der Waals surface area (Å²) in [5.41, 5.74) is 4.54. The lowest BCUT2D eigenvalue weighted by atomic mass is 10.1. The summed E-state index contributed by atoms with van der Waals surface area (Å²) in [6, 6.07) is 6.41. The normalized spacial score (nSPS) is 18.5. The van der Waals surface area contributed by atoms with Crippen LogP contribution in [0.3, 0.4) is 0 Å². The summed E-state index contributed by atoms with van der Waals surface area (Å²) in [5, 5.41) is 5.16. The number of halogens is 1. The molecule has 1 fully saturated rings. The highest BCUT2D eigenvalue weighted by molar-refractivity contribution is 6.30. The Bertz CT molecular complexity index is 651. The molecule has 0 spiro atoms. The van der Waals surface area contributed by atoms with Gasteiger partial charge in [-0.1, -0.05) is 11.6 Å². The smallest absolute Gasteiger partial charge is 0.134 e. The molecule has 1 aliphatic rings. The second-order valence-corrected chi connectivity index (χ2v) is 6.19. The van der Waals surface area contributed by atoms with Crippen molar-refractivity contribution < 1.29 is 4.74 Å². The van der Waals surface area contributed by atoms with E-state index in [-0.39, 0.29) is 0 Å². The minimum atomic E-state index is 0.349. The maximum absolute atomic E-state index is 6.31. The summed E-state index contributed by atoms with van der Waals surface area (Å²) in [6.07, 6.45) is 2.67. The molecule has 3 rings (SSSR count). The van der Waals surface area contributed by atoms with Gasteiger partial charge in [0.2, 0.25) is 0 Å². The van der Waals surface area contributed by atoms with Crippen molar-refractivity contribution in [2.45, 2.75) is 39.3 Å². The summed E-state index contributed by atoms with van der Waals surface area (Å²) < 4.78 is 5.61. The Hall–Kier alpha value is -1.16. The zero-order chi connectivity index (χ0) is 14.8. The van der Waals surface area contributed by atoms with Crippen molar-refractivity contribution in [2.24, 2.45) is 0 Å². The Kier molecular flexibility index (Phi) is 4.43. The van der Waals surface area contributed by atoms with Crippen LogP contribution in [0.2, 0.25) is 5.15 Å². The topological polar surface area (TPSA) is 34.1 Å². The number of pyridine rings is 1. The molecular weight excluding hydrogens is 284 g/mol. The van der Waals surface area contributed by atoms with Crippen LogP contribution in [0.5, 0.6) is 0 Å². The molecular formula is C17H21ClN2O. The number of hydrogen-bond donors (Lipinski definition) is 1. The Morgan fingerprint density at radius 2 is 2.10 bits per heavy atom. The molecule has 0 saturated carbocycles. The molecule has 4 heteroatoms. The van der Waals surface area contributed by atoms with E-state index in [1.54, 1.807) is 0 Å². The van der Waals surface area contributed by atoms with Gasteiger partial charge in [0, 0.05) is 30.6 Å². The molecule has 2 heterocycles. The van der Waals surface area contributed by atoms with Crippen LogP contribution in [0.1, 0.15) is 29.5 Å². The maximum atomic E-state index is 6.31. The highest BCUT2D eigenvalue weighted by Crippen LogP contribution is 2.23. The SMILES string of the molecule is Cc1cc2cc(CNCC3CCCO3)c(Cl)nc2cc1C. The van der Waals surface area contributed by atoms with Gasteiger partial charge in [-0.15, -0.1) is 0 Å². The van der Waals surface area contributed by atoms with E-state index in [9.17, 15) is 0 Å². The molecule has 1 saturated heterocycles. The first kappa shape index (κ1) is 14.8. The van der Waals surface area contributed by atoms with Crippen LogP contribution < -0.4 is 5.32 Å². The fourth-order valence-electron chi connectivity index (χ4n) is 2.76. The van der Waals surface area contributed by atoms with Crippen LogP contribution in [0.25, 0.3) is 10.9 Å². The minimum Gasteiger partial charge on any atom is -0.377 e. The fraction of sp³-hybridized carbons (Fsp3) is 0.471. The second kappa shape index (κ2) is 6.30. The lowest BCUT2D eigenvalue weighted by Crippen LogP contribution is -2.25. The summed E-state index contributed by atoms with van der Waals surface area (Å²) in [4.78, 5) is 4.52. The molecule has 0 radical (unpaired) electrons. The molecule has 1 aliphatic heterocycles. The van der Waals surface area contributed by atoms with Gasteiger partial charge < -0.3 is 10.1 Å². The summed E-state index contributed by atoms with van der Waals surface area (Å²) >= 11 is 6.31. The van der Waals surface area contributed by atoms with Crippen LogP contribution in [-0.4, -0.2) is 24.2 Å². The van der Waals surface area contributed by atoms with E-state index in [2.05, 4.69) is 42.3 Å². The van der Waals surface area contributed by atoms with Crippen LogP contribution in [0.4, 0.5) is 0 Å². The van der Waals surface area contributed by atoms with Crippen LogP contribution >= 0.6 is 11.6 Å². The van der Waals surface area contributed by atoms with Crippen molar-refractivity contribution >= 4 is 22.5 Å². The number of nitrogens with one attached hydrogen (secondary N) is 1. The number of aromatic nitrogens is 1. The van der Waals surface area contributed by atoms with Gasteiger partial charge >= 0.3 is 0 Å². The van der Waals surface area contributed by atoms with E-state index in [1.165, 1.54) is 17.5 Å². The van der Waals surface area contributed by atoms with Gasteiger partial charge in [-0.2, -0.15) is 0 Å². The Morgan fingerprint density at radius 3 is 2.86 bits per heavy atom. The van der Waals surface area contributed by atoms with Crippen molar-refractivity contribution in [3.05, 3.63) is 40.0 Å². The average Bonchev–Trinajstić information content (AvgIpc) is 2.95. The lowest BCUT2D eigenvalue weighted by Gasteiger charge is -2.12. The number of aryl methyl sites for hydroxylation is 2. The molecule has 1 atom stereocenters. The molecule has 2 aromatic rings. The number of hydrogen-bond acceptors (Lipinski definition) is 3. The van der Waals surface area contributed by atoms with Crippen molar-refractivity contribution in [2.75, 3.05) is 13.2 Å². The lowest BCUT2D eigenvalue weighted by molar-refractivity contribution is 0.110. The van der Waals surface area contributed by atoms with Crippen molar-refractivity contribution in [3.63, 3.8) is 0 Å². The monoisotopic (exact) mass is 304 g/mol. The molecule has 21 heavy (non-hydrogen) atoms. The average molecular weight is 305 g/mol. The molecule has 1 aromatic heterocycles. The largest absolute Gasteiger partial charge is 0.377 e. The van der Waals surface area contributed by atoms with E-state index in [1.807, 2.05) is 0 Å². The van der Waals surface area contributed by atoms with Gasteiger partial charge in [0.15, 0.2) is 0 Å². The first-order chi connectivity index (χ1) is 10.1. The first-order valence-electron chi connectivity index (χ1n) is 7.52. The molecule has 1 N–H and O–H groups in total. The quantitative estimate of drug-likeness (QED) is 0.873. The third kappa shape index (κ3) is 3.37. The standard InChI is InChI=1S/C17H21ClN2O/c1-11-6-13-8-14(9-19-10-15-4-3-5-21-15)17(18)20-16(13)7-12(11)2/h6-8,15,19H,3-5,9-10H2,1-2H3. The molecule has 112 valence electrons. The fourth-order valence-corrected chi connectivity index (χ4v) is 2.97. The van der Waals surface area contributed by atoms with Gasteiger partial charge in [0.1, 0.15) is 5.15 Å². The van der Waals surface area contributed by atoms with Crippen LogP contribution in [0, 0.1) is 13.8 Å². The molecule has 3 nitrogen and oxygen atoms in total. The van der Waals surface area contributed by atoms with E-state index in [4.69, 9.17) is 16.3 Å². The predicted octanol–water partition coefficient (Wildman–Crippen LogP) is 3.77. The van der Waals surface area contributed by atoms with Crippen molar-refractivity contribution in [1.29, 1.82) is 0 Å². The maximum Gasteiger partial charge on any atom is 0.134 e. The Labute approximate surface area is 130 Å². The van der Waals surface area contributed by atoms with Gasteiger partial charge in [-0.25, -0.2) is 4.98 Å². The zero-order valence-electron chi connectivity index (χ0n) is 12.6. The van der Waals surface area contributed by atoms with Crippen LogP contribution in [-0.2, 0) is 11.3 Å². The van der Waals surface area contributed by atoms with Gasteiger partial charge in [-0.3, -0.25) is 0 Å². The highest BCUT2D eigenvalue weighted by Gasteiger charge is 2.15.